The lowest BCUT2D eigenvalue weighted by atomic mass is 10.1. The van der Waals surface area contributed by atoms with Gasteiger partial charge in [-0.3, -0.25) is 4.79 Å². The molecule has 1 aliphatic rings. The van der Waals surface area contributed by atoms with Crippen molar-refractivity contribution in [2.45, 2.75) is 18.9 Å². The van der Waals surface area contributed by atoms with E-state index in [9.17, 15) is 9.18 Å². The molecule has 1 unspecified atom stereocenters. The van der Waals surface area contributed by atoms with Crippen LogP contribution in [0, 0.1) is 17.1 Å². The van der Waals surface area contributed by atoms with E-state index in [1.54, 1.807) is 6.07 Å². The van der Waals surface area contributed by atoms with Crippen molar-refractivity contribution in [1.29, 1.82) is 5.26 Å². The molecule has 0 aromatic heterocycles. The topological polar surface area (TPSA) is 44.1 Å². The van der Waals surface area contributed by atoms with Crippen LogP contribution in [0.1, 0.15) is 23.2 Å². The first-order valence-corrected chi connectivity index (χ1v) is 6.08. The number of rotatable bonds is 1. The Hall–Kier alpha value is -1.41. The van der Waals surface area contributed by atoms with Crippen molar-refractivity contribution in [3.05, 3.63) is 34.1 Å². The summed E-state index contributed by atoms with van der Waals surface area (Å²) in [6.45, 7) is 0.561. The van der Waals surface area contributed by atoms with Gasteiger partial charge in [-0.1, -0.05) is 15.9 Å². The predicted octanol–water partition coefficient (Wildman–Crippen LogP) is 2.72. The van der Waals surface area contributed by atoms with E-state index in [1.807, 2.05) is 0 Å². The van der Waals surface area contributed by atoms with E-state index >= 15 is 0 Å². The van der Waals surface area contributed by atoms with Crippen LogP contribution in [0.2, 0.25) is 0 Å². The molecule has 1 heterocycles. The highest BCUT2D eigenvalue weighted by Gasteiger charge is 2.29. The highest BCUT2D eigenvalue weighted by atomic mass is 79.9. The first-order chi connectivity index (χ1) is 8.11. The van der Waals surface area contributed by atoms with Crippen molar-refractivity contribution in [3.63, 3.8) is 0 Å². The highest BCUT2D eigenvalue weighted by molar-refractivity contribution is 9.10. The fraction of sp³-hybridized carbons (Fsp3) is 0.333. The molecule has 1 amide bonds. The minimum absolute atomic E-state index is 0.277. The predicted molar refractivity (Wildman–Crippen MR) is 63.8 cm³/mol. The van der Waals surface area contributed by atoms with E-state index in [1.165, 1.54) is 17.0 Å². The number of hydrogen-bond donors (Lipinski definition) is 0. The zero-order chi connectivity index (χ0) is 12.4. The Morgan fingerprint density at radius 2 is 2.29 bits per heavy atom. The van der Waals surface area contributed by atoms with Crippen molar-refractivity contribution in [2.75, 3.05) is 6.54 Å². The number of likely N-dealkylation sites (tertiary alicyclic amines) is 1. The molecule has 0 bridgehead atoms. The molecule has 3 nitrogen and oxygen atoms in total. The van der Waals surface area contributed by atoms with Gasteiger partial charge >= 0.3 is 0 Å². The number of halogens is 2. The zero-order valence-corrected chi connectivity index (χ0v) is 10.6. The molecule has 1 aromatic carbocycles. The second-order valence-electron chi connectivity index (χ2n) is 3.94. The lowest BCUT2D eigenvalue weighted by molar-refractivity contribution is 0.0764. The van der Waals surface area contributed by atoms with E-state index in [4.69, 9.17) is 5.26 Å². The van der Waals surface area contributed by atoms with E-state index in [2.05, 4.69) is 22.0 Å². The summed E-state index contributed by atoms with van der Waals surface area (Å²) in [5.41, 5.74) is 0.277. The van der Waals surface area contributed by atoms with Gasteiger partial charge in [0.1, 0.15) is 11.9 Å². The minimum Gasteiger partial charge on any atom is -0.323 e. The lowest BCUT2D eigenvalue weighted by Crippen LogP contribution is -2.34. The average molecular weight is 297 g/mol. The first kappa shape index (κ1) is 12.1. The van der Waals surface area contributed by atoms with Crippen LogP contribution in [0.15, 0.2) is 22.7 Å². The van der Waals surface area contributed by atoms with Gasteiger partial charge in [0.25, 0.3) is 5.91 Å². The third-order valence-electron chi connectivity index (χ3n) is 2.77. The number of carbonyl (C=O) groups is 1. The van der Waals surface area contributed by atoms with E-state index in [0.29, 0.717) is 17.4 Å². The van der Waals surface area contributed by atoms with E-state index < -0.39 is 5.82 Å². The molecule has 0 aliphatic carbocycles. The van der Waals surface area contributed by atoms with Crippen molar-refractivity contribution < 1.29 is 9.18 Å². The van der Waals surface area contributed by atoms with Gasteiger partial charge in [-0.05, 0) is 31.0 Å². The largest absolute Gasteiger partial charge is 0.323 e. The van der Waals surface area contributed by atoms with Crippen molar-refractivity contribution in [3.8, 4) is 6.07 Å². The summed E-state index contributed by atoms with van der Waals surface area (Å²) in [6, 6.07) is 5.76. The number of nitriles is 1. The molecule has 1 fully saturated rings. The Labute approximate surface area is 107 Å². The SMILES string of the molecule is N#CC1CCCN1C(=O)c1cc(F)cc(Br)c1. The number of carbonyl (C=O) groups excluding carboxylic acids is 1. The van der Waals surface area contributed by atoms with Crippen LogP contribution in [0.4, 0.5) is 4.39 Å². The molecule has 1 aromatic rings. The molecule has 0 N–H and O–H groups in total. The van der Waals surface area contributed by atoms with Gasteiger partial charge in [0.2, 0.25) is 0 Å². The van der Waals surface area contributed by atoms with Crippen molar-refractivity contribution in [2.24, 2.45) is 0 Å². The summed E-state index contributed by atoms with van der Waals surface area (Å²) in [7, 11) is 0. The Morgan fingerprint density at radius 3 is 2.94 bits per heavy atom. The number of benzene rings is 1. The Bertz CT molecular complexity index is 478. The molecule has 17 heavy (non-hydrogen) atoms. The Kier molecular flexibility index (Phi) is 3.43. The van der Waals surface area contributed by atoms with Gasteiger partial charge in [-0.25, -0.2) is 4.39 Å². The van der Waals surface area contributed by atoms with Crippen LogP contribution in [0.3, 0.4) is 0 Å². The summed E-state index contributed by atoms with van der Waals surface area (Å²) in [5.74, 6) is -0.746. The molecule has 0 radical (unpaired) electrons. The molecule has 1 atom stereocenters. The summed E-state index contributed by atoms with van der Waals surface area (Å²) in [6.07, 6.45) is 1.51. The Morgan fingerprint density at radius 1 is 1.53 bits per heavy atom. The average Bonchev–Trinajstić information content (AvgIpc) is 2.74. The van der Waals surface area contributed by atoms with Gasteiger partial charge in [0.05, 0.1) is 6.07 Å². The minimum atomic E-state index is -0.463. The van der Waals surface area contributed by atoms with Crippen LogP contribution in [0.25, 0.3) is 0 Å². The van der Waals surface area contributed by atoms with Crippen molar-refractivity contribution in [1.82, 2.24) is 4.90 Å². The standard InChI is InChI=1S/C12H10BrFN2O/c13-9-4-8(5-10(14)6-9)12(17)16-3-1-2-11(16)7-15/h4-6,11H,1-3H2. The molecular formula is C12H10BrFN2O. The number of amides is 1. The number of nitrogens with zero attached hydrogens (tertiary/aromatic N) is 2. The maximum atomic E-state index is 13.2. The maximum absolute atomic E-state index is 13.2. The normalized spacial score (nSPS) is 19.1. The van der Waals surface area contributed by atoms with Crippen LogP contribution in [0.5, 0.6) is 0 Å². The second kappa shape index (κ2) is 4.84. The quantitative estimate of drug-likeness (QED) is 0.800. The molecule has 2 rings (SSSR count). The summed E-state index contributed by atoms with van der Waals surface area (Å²) in [4.78, 5) is 13.6. The Balaban J connectivity index is 2.28. The maximum Gasteiger partial charge on any atom is 0.255 e. The van der Waals surface area contributed by atoms with Gasteiger partial charge < -0.3 is 4.90 Å². The molecule has 5 heteroatoms. The molecule has 0 saturated carbocycles. The van der Waals surface area contributed by atoms with Gasteiger partial charge in [0.15, 0.2) is 0 Å². The van der Waals surface area contributed by atoms with Gasteiger partial charge in [-0.2, -0.15) is 5.26 Å². The van der Waals surface area contributed by atoms with Crippen LogP contribution in [-0.4, -0.2) is 23.4 Å². The van der Waals surface area contributed by atoms with Crippen LogP contribution < -0.4 is 0 Å². The van der Waals surface area contributed by atoms with E-state index in [0.717, 1.165) is 6.42 Å². The third-order valence-corrected chi connectivity index (χ3v) is 3.23. The monoisotopic (exact) mass is 296 g/mol. The van der Waals surface area contributed by atoms with E-state index in [-0.39, 0.29) is 17.5 Å². The molecular weight excluding hydrogens is 287 g/mol. The van der Waals surface area contributed by atoms with Crippen LogP contribution in [-0.2, 0) is 0 Å². The van der Waals surface area contributed by atoms with Crippen LogP contribution >= 0.6 is 15.9 Å². The number of hydrogen-bond acceptors (Lipinski definition) is 2. The van der Waals surface area contributed by atoms with Crippen molar-refractivity contribution >= 4 is 21.8 Å². The fourth-order valence-electron chi connectivity index (χ4n) is 1.99. The second-order valence-corrected chi connectivity index (χ2v) is 4.86. The fourth-order valence-corrected chi connectivity index (χ4v) is 2.45. The molecule has 1 saturated heterocycles. The smallest absolute Gasteiger partial charge is 0.255 e. The summed E-state index contributed by atoms with van der Waals surface area (Å²) >= 11 is 3.15. The third kappa shape index (κ3) is 2.47. The van der Waals surface area contributed by atoms with Gasteiger partial charge in [0, 0.05) is 16.6 Å². The summed E-state index contributed by atoms with van der Waals surface area (Å²) < 4.78 is 13.7. The first-order valence-electron chi connectivity index (χ1n) is 5.28. The molecule has 1 aliphatic heterocycles. The summed E-state index contributed by atoms with van der Waals surface area (Å²) in [5, 5.41) is 8.91. The van der Waals surface area contributed by atoms with Gasteiger partial charge in [-0.15, -0.1) is 0 Å². The lowest BCUT2D eigenvalue weighted by Gasteiger charge is -2.19. The molecule has 88 valence electrons. The highest BCUT2D eigenvalue weighted by Crippen LogP contribution is 2.22. The molecule has 0 spiro atoms. The zero-order valence-electron chi connectivity index (χ0n) is 8.99.